The first-order chi connectivity index (χ1) is 8.58. The van der Waals surface area contributed by atoms with Crippen molar-refractivity contribution in [3.8, 4) is 0 Å². The summed E-state index contributed by atoms with van der Waals surface area (Å²) >= 11 is 6.21. The molecule has 0 aromatic carbocycles. The van der Waals surface area contributed by atoms with Crippen LogP contribution in [0.25, 0.3) is 0 Å². The van der Waals surface area contributed by atoms with Crippen molar-refractivity contribution in [3.63, 3.8) is 0 Å². The van der Waals surface area contributed by atoms with Gasteiger partial charge in [0.15, 0.2) is 0 Å². The zero-order valence-corrected chi connectivity index (χ0v) is 11.4. The standard InChI is InChI=1S/C13H17ClN4/c1-9-13(14)12(18(2)17-9)7-11(15)6-10-4-3-5-16-8-10/h3-5,8,11H,6-7,15H2,1-2H3. The minimum absolute atomic E-state index is 0.0153. The van der Waals surface area contributed by atoms with Gasteiger partial charge in [-0.3, -0.25) is 9.67 Å². The molecule has 2 heterocycles. The van der Waals surface area contributed by atoms with E-state index in [1.165, 1.54) is 0 Å². The Balaban J connectivity index is 2.05. The topological polar surface area (TPSA) is 56.7 Å². The smallest absolute Gasteiger partial charge is 0.0847 e. The van der Waals surface area contributed by atoms with Gasteiger partial charge in [-0.05, 0) is 25.0 Å². The highest BCUT2D eigenvalue weighted by Gasteiger charge is 2.14. The number of nitrogens with two attached hydrogens (primary N) is 1. The van der Waals surface area contributed by atoms with Crippen LogP contribution in [0.2, 0.25) is 5.02 Å². The molecule has 0 aliphatic heterocycles. The van der Waals surface area contributed by atoms with E-state index in [1.807, 2.05) is 32.3 Å². The van der Waals surface area contributed by atoms with Crippen molar-refractivity contribution < 1.29 is 0 Å². The van der Waals surface area contributed by atoms with Gasteiger partial charge in [-0.1, -0.05) is 17.7 Å². The normalized spacial score (nSPS) is 12.7. The molecule has 2 aromatic rings. The van der Waals surface area contributed by atoms with E-state index in [4.69, 9.17) is 17.3 Å². The Morgan fingerprint density at radius 3 is 2.78 bits per heavy atom. The van der Waals surface area contributed by atoms with Crippen LogP contribution in [-0.4, -0.2) is 20.8 Å². The lowest BCUT2D eigenvalue weighted by atomic mass is 10.0. The van der Waals surface area contributed by atoms with Crippen molar-refractivity contribution in [2.75, 3.05) is 0 Å². The molecule has 5 heteroatoms. The van der Waals surface area contributed by atoms with Crippen molar-refractivity contribution in [1.29, 1.82) is 0 Å². The Morgan fingerprint density at radius 1 is 1.44 bits per heavy atom. The van der Waals surface area contributed by atoms with E-state index in [2.05, 4.69) is 10.1 Å². The number of hydrogen-bond acceptors (Lipinski definition) is 3. The summed E-state index contributed by atoms with van der Waals surface area (Å²) in [6.45, 7) is 1.90. The molecule has 18 heavy (non-hydrogen) atoms. The number of halogens is 1. The third-order valence-electron chi connectivity index (χ3n) is 2.94. The first kappa shape index (κ1) is 13.1. The molecule has 2 rings (SSSR count). The summed E-state index contributed by atoms with van der Waals surface area (Å²) < 4.78 is 1.81. The molecule has 0 saturated carbocycles. The zero-order chi connectivity index (χ0) is 13.1. The Morgan fingerprint density at radius 2 is 2.22 bits per heavy atom. The number of hydrogen-bond donors (Lipinski definition) is 1. The van der Waals surface area contributed by atoms with Crippen molar-refractivity contribution >= 4 is 11.6 Å². The Hall–Kier alpha value is -1.39. The predicted octanol–water partition coefficient (Wildman–Crippen LogP) is 1.89. The second-order valence-corrected chi connectivity index (χ2v) is 4.88. The van der Waals surface area contributed by atoms with Crippen LogP contribution in [0.15, 0.2) is 24.5 Å². The number of pyridine rings is 1. The van der Waals surface area contributed by atoms with Crippen LogP contribution in [0, 0.1) is 6.92 Å². The van der Waals surface area contributed by atoms with E-state index in [0.717, 1.165) is 28.4 Å². The van der Waals surface area contributed by atoms with Crippen molar-refractivity contribution in [3.05, 3.63) is 46.5 Å². The fourth-order valence-corrected chi connectivity index (χ4v) is 2.28. The fraction of sp³-hybridized carbons (Fsp3) is 0.385. The molecule has 0 saturated heterocycles. The molecule has 1 unspecified atom stereocenters. The zero-order valence-electron chi connectivity index (χ0n) is 10.6. The Labute approximate surface area is 112 Å². The summed E-state index contributed by atoms with van der Waals surface area (Å²) in [6, 6.07) is 3.97. The van der Waals surface area contributed by atoms with Crippen LogP contribution in [0.4, 0.5) is 0 Å². The highest BCUT2D eigenvalue weighted by atomic mass is 35.5. The minimum atomic E-state index is 0.0153. The SMILES string of the molecule is Cc1nn(C)c(CC(N)Cc2cccnc2)c1Cl. The van der Waals surface area contributed by atoms with Gasteiger partial charge in [0.1, 0.15) is 0 Å². The first-order valence-corrected chi connectivity index (χ1v) is 6.28. The van der Waals surface area contributed by atoms with Gasteiger partial charge in [-0.25, -0.2) is 0 Å². The van der Waals surface area contributed by atoms with Crippen LogP contribution in [-0.2, 0) is 19.9 Å². The molecule has 0 aliphatic rings. The third kappa shape index (κ3) is 2.89. The molecule has 96 valence electrons. The predicted molar refractivity (Wildman–Crippen MR) is 72.6 cm³/mol. The lowest BCUT2D eigenvalue weighted by molar-refractivity contribution is 0.612. The van der Waals surface area contributed by atoms with Gasteiger partial charge in [0.2, 0.25) is 0 Å². The van der Waals surface area contributed by atoms with E-state index in [0.29, 0.717) is 6.42 Å². The molecule has 0 radical (unpaired) electrons. The molecule has 1 atom stereocenters. The summed E-state index contributed by atoms with van der Waals surface area (Å²) in [6.07, 6.45) is 5.10. The van der Waals surface area contributed by atoms with Crippen LogP contribution in [0.1, 0.15) is 17.0 Å². The molecule has 4 nitrogen and oxygen atoms in total. The van der Waals surface area contributed by atoms with Gasteiger partial charge in [0.25, 0.3) is 0 Å². The van der Waals surface area contributed by atoms with Gasteiger partial charge in [-0.15, -0.1) is 0 Å². The molecule has 0 spiro atoms. The molecular weight excluding hydrogens is 248 g/mol. The maximum Gasteiger partial charge on any atom is 0.0847 e. The van der Waals surface area contributed by atoms with E-state index in [9.17, 15) is 0 Å². The van der Waals surface area contributed by atoms with Crippen LogP contribution in [0.5, 0.6) is 0 Å². The Bertz CT molecular complexity index is 521. The number of aryl methyl sites for hydroxylation is 2. The van der Waals surface area contributed by atoms with Crippen LogP contribution < -0.4 is 5.73 Å². The molecule has 0 amide bonds. The second kappa shape index (κ2) is 5.50. The largest absolute Gasteiger partial charge is 0.327 e. The van der Waals surface area contributed by atoms with Gasteiger partial charge in [0.05, 0.1) is 16.4 Å². The second-order valence-electron chi connectivity index (χ2n) is 4.50. The molecule has 0 aliphatic carbocycles. The average molecular weight is 265 g/mol. The number of nitrogens with zero attached hydrogens (tertiary/aromatic N) is 3. The highest BCUT2D eigenvalue weighted by Crippen LogP contribution is 2.21. The van der Waals surface area contributed by atoms with Gasteiger partial charge in [-0.2, -0.15) is 5.10 Å². The summed E-state index contributed by atoms with van der Waals surface area (Å²) in [5, 5.41) is 5.01. The lowest BCUT2D eigenvalue weighted by Gasteiger charge is -2.12. The average Bonchev–Trinajstić information content (AvgIpc) is 2.57. The first-order valence-electron chi connectivity index (χ1n) is 5.90. The lowest BCUT2D eigenvalue weighted by Crippen LogP contribution is -2.26. The van der Waals surface area contributed by atoms with E-state index < -0.39 is 0 Å². The number of rotatable bonds is 4. The number of aromatic nitrogens is 3. The van der Waals surface area contributed by atoms with E-state index in [1.54, 1.807) is 10.9 Å². The highest BCUT2D eigenvalue weighted by molar-refractivity contribution is 6.31. The molecule has 0 bridgehead atoms. The van der Waals surface area contributed by atoms with Crippen molar-refractivity contribution in [1.82, 2.24) is 14.8 Å². The van der Waals surface area contributed by atoms with Gasteiger partial charge < -0.3 is 5.73 Å². The molecule has 2 N–H and O–H groups in total. The van der Waals surface area contributed by atoms with Crippen LogP contribution in [0.3, 0.4) is 0 Å². The quantitative estimate of drug-likeness (QED) is 0.918. The summed E-state index contributed by atoms with van der Waals surface area (Å²) in [5.41, 5.74) is 9.14. The van der Waals surface area contributed by atoms with Crippen molar-refractivity contribution in [2.45, 2.75) is 25.8 Å². The maximum atomic E-state index is 6.21. The maximum absolute atomic E-state index is 6.21. The molecule has 0 fully saturated rings. The Kier molecular flexibility index (Phi) is 3.99. The van der Waals surface area contributed by atoms with Crippen molar-refractivity contribution in [2.24, 2.45) is 12.8 Å². The summed E-state index contributed by atoms with van der Waals surface area (Å²) in [7, 11) is 1.89. The third-order valence-corrected chi connectivity index (χ3v) is 3.43. The minimum Gasteiger partial charge on any atom is -0.327 e. The molecule has 2 aromatic heterocycles. The monoisotopic (exact) mass is 264 g/mol. The summed E-state index contributed by atoms with van der Waals surface area (Å²) in [4.78, 5) is 4.08. The summed E-state index contributed by atoms with van der Waals surface area (Å²) in [5.74, 6) is 0. The fourth-order valence-electron chi connectivity index (χ4n) is 2.04. The van der Waals surface area contributed by atoms with Crippen LogP contribution >= 0.6 is 11.6 Å². The van der Waals surface area contributed by atoms with E-state index in [-0.39, 0.29) is 6.04 Å². The van der Waals surface area contributed by atoms with Gasteiger partial charge in [0, 0.05) is 31.9 Å². The van der Waals surface area contributed by atoms with E-state index >= 15 is 0 Å². The van der Waals surface area contributed by atoms with Gasteiger partial charge >= 0.3 is 0 Å². The molecular formula is C13H17ClN4.